The second kappa shape index (κ2) is 9.64. The molecule has 9 heteroatoms. The van der Waals surface area contributed by atoms with Crippen LogP contribution < -0.4 is 0 Å². The molecule has 4 radical (unpaired) electrons. The molecule has 1 amide bonds. The molecule has 0 bridgehead atoms. The summed E-state index contributed by atoms with van der Waals surface area (Å²) in [6.07, 6.45) is 0.192. The van der Waals surface area contributed by atoms with Crippen molar-refractivity contribution in [1.82, 2.24) is 4.90 Å². The number of hydrogen-bond acceptors (Lipinski definition) is 5. The zero-order valence-corrected chi connectivity index (χ0v) is 17.5. The molecule has 0 spiro atoms. The number of carbonyl (C=O) groups is 1. The van der Waals surface area contributed by atoms with E-state index >= 15 is 0 Å². The Labute approximate surface area is 165 Å². The van der Waals surface area contributed by atoms with Crippen molar-refractivity contribution >= 4 is 31.9 Å². The second-order valence-corrected chi connectivity index (χ2v) is 9.15. The lowest BCUT2D eigenvalue weighted by atomic mass is 9.68. The predicted octanol–water partition coefficient (Wildman–Crippen LogP) is 2.80. The van der Waals surface area contributed by atoms with Gasteiger partial charge in [0.15, 0.2) is 0 Å². The number of nitrogens with zero attached hydrogens (tertiary/aromatic N) is 1. The third-order valence-corrected chi connectivity index (χ3v) is 5.08. The van der Waals surface area contributed by atoms with Gasteiger partial charge in [0.25, 0.3) is 10.1 Å². The number of aryl methyl sites for hydroxylation is 1. The maximum atomic E-state index is 12.4. The Hall–Kier alpha value is -1.47. The van der Waals surface area contributed by atoms with Gasteiger partial charge < -0.3 is 9.64 Å². The van der Waals surface area contributed by atoms with E-state index in [1.807, 2.05) is 6.92 Å². The lowest BCUT2D eigenvalue weighted by Crippen LogP contribution is -2.43. The number of benzene rings is 1. The summed E-state index contributed by atoms with van der Waals surface area (Å²) < 4.78 is 35.3. The van der Waals surface area contributed by atoms with E-state index in [0.717, 1.165) is 5.56 Å². The number of ether oxygens (including phenoxy) is 1. The molecule has 0 saturated heterocycles. The highest BCUT2D eigenvalue weighted by atomic mass is 32.2. The predicted molar refractivity (Wildman–Crippen MR) is 107 cm³/mol. The van der Waals surface area contributed by atoms with Crippen LogP contribution in [-0.4, -0.2) is 60.4 Å². The van der Waals surface area contributed by atoms with Crippen LogP contribution in [-0.2, 0) is 19.0 Å². The van der Waals surface area contributed by atoms with Crippen molar-refractivity contribution in [2.75, 3.05) is 13.7 Å². The topological polar surface area (TPSA) is 72.9 Å². The Bertz CT molecular complexity index is 714. The van der Waals surface area contributed by atoms with Crippen LogP contribution in [0.25, 0.3) is 0 Å². The number of amides is 1. The van der Waals surface area contributed by atoms with Crippen LogP contribution in [0.4, 0.5) is 4.79 Å². The van der Waals surface area contributed by atoms with Gasteiger partial charge in [0.1, 0.15) is 5.60 Å². The van der Waals surface area contributed by atoms with Crippen LogP contribution >= 0.6 is 0 Å². The van der Waals surface area contributed by atoms with E-state index < -0.39 is 33.6 Å². The van der Waals surface area contributed by atoms with Crippen LogP contribution in [0.15, 0.2) is 29.2 Å². The first-order valence-electron chi connectivity index (χ1n) is 8.75. The number of carbonyl (C=O) groups excluding carboxylic acids is 1. The lowest BCUT2D eigenvalue weighted by molar-refractivity contribution is 0.0167. The van der Waals surface area contributed by atoms with Gasteiger partial charge in [-0.3, -0.25) is 4.18 Å². The molecular weight excluding hydrogens is 364 g/mol. The number of likely N-dealkylation sites (N-methyl/N-ethyl adjacent to an activating group) is 1. The van der Waals surface area contributed by atoms with E-state index in [1.165, 1.54) is 24.1 Å². The largest absolute Gasteiger partial charge is 0.444 e. The van der Waals surface area contributed by atoms with Crippen molar-refractivity contribution in [2.45, 2.75) is 62.8 Å². The first-order valence-corrected chi connectivity index (χ1v) is 10.2. The monoisotopic (exact) mass is 391 g/mol. The summed E-state index contributed by atoms with van der Waals surface area (Å²) in [4.78, 5) is 13.7. The van der Waals surface area contributed by atoms with Crippen LogP contribution in [0, 0.1) is 6.92 Å². The summed E-state index contributed by atoms with van der Waals surface area (Å²) in [5.41, 5.74) is -0.309. The van der Waals surface area contributed by atoms with Gasteiger partial charge in [-0.25, -0.2) is 4.79 Å². The van der Waals surface area contributed by atoms with Gasteiger partial charge in [0.2, 0.25) is 0 Å². The summed E-state index contributed by atoms with van der Waals surface area (Å²) in [5.74, 6) is 0. The molecule has 1 atom stereocenters. The maximum Gasteiger partial charge on any atom is 0.410 e. The second-order valence-electron chi connectivity index (χ2n) is 7.54. The third kappa shape index (κ3) is 8.39. The molecule has 0 N–H and O–H groups in total. The SMILES string of the molecule is [B]C([B])CCC(COS(=O)(=O)c1ccc(C)cc1)N(C)C(=O)OC(C)(C)C. The molecular formula is C18H27B2NO5S. The average Bonchev–Trinajstić information content (AvgIpc) is 2.52. The highest BCUT2D eigenvalue weighted by Gasteiger charge is 2.27. The van der Waals surface area contributed by atoms with Gasteiger partial charge >= 0.3 is 6.09 Å². The first kappa shape index (κ1) is 23.6. The van der Waals surface area contributed by atoms with Crippen molar-refractivity contribution in [3.8, 4) is 0 Å². The summed E-state index contributed by atoms with van der Waals surface area (Å²) in [6, 6.07) is 5.77. The molecule has 1 aromatic carbocycles. The Balaban J connectivity index is 2.87. The molecule has 0 aromatic heterocycles. The fraction of sp³-hybridized carbons (Fsp3) is 0.611. The van der Waals surface area contributed by atoms with Gasteiger partial charge in [0, 0.05) is 7.05 Å². The summed E-state index contributed by atoms with van der Waals surface area (Å²) in [6.45, 7) is 6.89. The van der Waals surface area contributed by atoms with Gasteiger partial charge in [-0.05, 0) is 46.2 Å². The molecule has 0 saturated carbocycles. The minimum absolute atomic E-state index is 0.0577. The van der Waals surface area contributed by atoms with E-state index in [1.54, 1.807) is 32.9 Å². The number of rotatable bonds is 8. The fourth-order valence-corrected chi connectivity index (χ4v) is 3.14. The van der Waals surface area contributed by atoms with Crippen molar-refractivity contribution in [3.05, 3.63) is 29.8 Å². The van der Waals surface area contributed by atoms with Crippen molar-refractivity contribution in [2.24, 2.45) is 0 Å². The maximum absolute atomic E-state index is 12.4. The van der Waals surface area contributed by atoms with Crippen molar-refractivity contribution in [3.63, 3.8) is 0 Å². The Morgan fingerprint density at radius 2 is 1.70 bits per heavy atom. The highest BCUT2D eigenvalue weighted by molar-refractivity contribution is 7.86. The average molecular weight is 391 g/mol. The molecule has 146 valence electrons. The summed E-state index contributed by atoms with van der Waals surface area (Å²) >= 11 is 0. The normalized spacial score (nSPS) is 13.4. The third-order valence-electron chi connectivity index (χ3n) is 3.79. The molecule has 1 unspecified atom stereocenters. The van der Waals surface area contributed by atoms with Crippen LogP contribution in [0.5, 0.6) is 0 Å². The quantitative estimate of drug-likeness (QED) is 0.504. The van der Waals surface area contributed by atoms with Gasteiger partial charge in [-0.15, -0.1) is 5.72 Å². The highest BCUT2D eigenvalue weighted by Crippen LogP contribution is 2.19. The fourth-order valence-electron chi connectivity index (χ4n) is 2.20. The lowest BCUT2D eigenvalue weighted by Gasteiger charge is -2.31. The standard InChI is InChI=1S/C18H27B2NO5S/c1-13-6-9-15(10-7-13)27(23,24)25-12-14(8-11-16(19)20)21(5)17(22)26-18(2,3)4/h6-7,9-10,14,16H,8,11-12H2,1-5H3. The van der Waals surface area contributed by atoms with Crippen LogP contribution in [0.2, 0.25) is 5.72 Å². The Kier molecular flexibility index (Phi) is 8.42. The molecule has 0 aliphatic heterocycles. The van der Waals surface area contributed by atoms with Crippen LogP contribution in [0.1, 0.15) is 39.2 Å². The van der Waals surface area contributed by atoms with Crippen molar-refractivity contribution in [1.29, 1.82) is 0 Å². The van der Waals surface area contributed by atoms with E-state index in [4.69, 9.17) is 24.6 Å². The Morgan fingerprint density at radius 3 is 2.19 bits per heavy atom. The van der Waals surface area contributed by atoms with E-state index in [0.29, 0.717) is 12.8 Å². The minimum atomic E-state index is -3.95. The smallest absolute Gasteiger partial charge is 0.410 e. The molecule has 1 rings (SSSR count). The molecule has 27 heavy (non-hydrogen) atoms. The first-order chi connectivity index (χ1) is 12.3. The van der Waals surface area contributed by atoms with Crippen molar-refractivity contribution < 1.29 is 22.1 Å². The molecule has 1 aromatic rings. The van der Waals surface area contributed by atoms with Gasteiger partial charge in [-0.1, -0.05) is 24.1 Å². The molecule has 6 nitrogen and oxygen atoms in total. The molecule has 0 aliphatic rings. The summed E-state index contributed by atoms with van der Waals surface area (Å²) in [7, 11) is 8.76. The molecule has 0 aliphatic carbocycles. The summed E-state index contributed by atoms with van der Waals surface area (Å²) in [5, 5.41) is 0. The van der Waals surface area contributed by atoms with E-state index in [-0.39, 0.29) is 11.5 Å². The van der Waals surface area contributed by atoms with Crippen LogP contribution in [0.3, 0.4) is 0 Å². The molecule has 0 fully saturated rings. The van der Waals surface area contributed by atoms with E-state index in [2.05, 4.69) is 0 Å². The minimum Gasteiger partial charge on any atom is -0.444 e. The number of hydrogen-bond donors (Lipinski definition) is 0. The van der Waals surface area contributed by atoms with E-state index in [9.17, 15) is 13.2 Å². The van der Waals surface area contributed by atoms with Gasteiger partial charge in [-0.2, -0.15) is 8.42 Å². The zero-order valence-electron chi connectivity index (χ0n) is 16.6. The Morgan fingerprint density at radius 1 is 1.15 bits per heavy atom. The zero-order chi connectivity index (χ0) is 20.8. The van der Waals surface area contributed by atoms with Gasteiger partial charge in [0.05, 0.1) is 33.2 Å². The molecule has 0 heterocycles.